The van der Waals surface area contributed by atoms with Crippen LogP contribution in [-0.2, 0) is 4.79 Å². The van der Waals surface area contributed by atoms with Crippen LogP contribution in [0.3, 0.4) is 0 Å². The molecule has 0 aliphatic heterocycles. The molecular weight excluding hydrogens is 256 g/mol. The molecule has 0 unspecified atom stereocenters. The fraction of sp³-hybridized carbons (Fsp3) is 0.867. The van der Waals surface area contributed by atoms with Gasteiger partial charge in [-0.05, 0) is 39.0 Å². The van der Waals surface area contributed by atoms with E-state index in [2.05, 4.69) is 13.8 Å². The van der Waals surface area contributed by atoms with E-state index in [0.717, 1.165) is 32.1 Å². The van der Waals surface area contributed by atoms with Crippen molar-refractivity contribution in [2.24, 2.45) is 17.1 Å². The van der Waals surface area contributed by atoms with Gasteiger partial charge < -0.3 is 10.6 Å². The minimum absolute atomic E-state index is 0.152. The molecule has 0 radical (unpaired) electrons. The Hall–Kier alpha value is -0.640. The molecule has 1 rings (SSSR count). The maximum absolute atomic E-state index is 13.0. The lowest BCUT2D eigenvalue weighted by Crippen LogP contribution is -2.49. The lowest BCUT2D eigenvalue weighted by atomic mass is 9.77. The van der Waals surface area contributed by atoms with Crippen molar-refractivity contribution in [2.75, 3.05) is 6.54 Å². The summed E-state index contributed by atoms with van der Waals surface area (Å²) in [4.78, 5) is 15.3. The number of hydrogen-bond donors (Lipinski definition) is 1. The third-order valence-corrected chi connectivity index (χ3v) is 4.15. The monoisotopic (exact) mass is 284 g/mol. The third-order valence-electron chi connectivity index (χ3n) is 4.02. The summed E-state index contributed by atoms with van der Waals surface area (Å²) in [6.07, 6.45) is 5.34. The minimum atomic E-state index is -0.163. The van der Waals surface area contributed by atoms with Crippen molar-refractivity contribution in [3.8, 4) is 0 Å². The zero-order valence-corrected chi connectivity index (χ0v) is 13.6. The first-order chi connectivity index (χ1) is 8.78. The SMILES string of the molecule is CC(C)CC1(C(=O)N(CC(N)=S)C(C)C)CCCC1. The van der Waals surface area contributed by atoms with Crippen molar-refractivity contribution >= 4 is 23.1 Å². The molecule has 0 aromatic carbocycles. The highest BCUT2D eigenvalue weighted by Crippen LogP contribution is 2.44. The number of nitrogens with two attached hydrogens (primary N) is 1. The van der Waals surface area contributed by atoms with Crippen LogP contribution >= 0.6 is 12.2 Å². The molecule has 1 saturated carbocycles. The van der Waals surface area contributed by atoms with Crippen LogP contribution in [0.4, 0.5) is 0 Å². The van der Waals surface area contributed by atoms with Crippen LogP contribution in [0.15, 0.2) is 0 Å². The Kier molecular flexibility index (Phi) is 5.78. The summed E-state index contributed by atoms with van der Waals surface area (Å²) in [5.74, 6) is 0.808. The molecule has 0 aromatic rings. The summed E-state index contributed by atoms with van der Waals surface area (Å²) >= 11 is 4.99. The normalized spacial score (nSPS) is 18.0. The Morgan fingerprint density at radius 1 is 1.26 bits per heavy atom. The lowest BCUT2D eigenvalue weighted by Gasteiger charge is -2.37. The molecular formula is C15H28N2OS. The highest BCUT2D eigenvalue weighted by atomic mass is 32.1. The van der Waals surface area contributed by atoms with E-state index in [-0.39, 0.29) is 17.4 Å². The summed E-state index contributed by atoms with van der Waals surface area (Å²) in [5, 5.41) is 0. The van der Waals surface area contributed by atoms with Gasteiger partial charge >= 0.3 is 0 Å². The molecule has 0 aromatic heterocycles. The molecule has 1 fully saturated rings. The first kappa shape index (κ1) is 16.4. The molecule has 3 nitrogen and oxygen atoms in total. The van der Waals surface area contributed by atoms with E-state index >= 15 is 0 Å². The van der Waals surface area contributed by atoms with Gasteiger partial charge in [-0.15, -0.1) is 0 Å². The molecule has 1 aliphatic rings. The molecule has 1 aliphatic carbocycles. The second-order valence-electron chi connectivity index (χ2n) is 6.58. The standard InChI is InChI=1S/C15H28N2OS/c1-11(2)9-15(7-5-6-8-15)14(18)17(12(3)4)10-13(16)19/h11-12H,5-10H2,1-4H3,(H2,16,19). The Morgan fingerprint density at radius 3 is 2.16 bits per heavy atom. The van der Waals surface area contributed by atoms with Crippen LogP contribution in [0.2, 0.25) is 0 Å². The van der Waals surface area contributed by atoms with E-state index < -0.39 is 0 Å². The predicted octanol–water partition coefficient (Wildman–Crippen LogP) is 3.12. The number of hydrogen-bond acceptors (Lipinski definition) is 2. The molecule has 0 saturated heterocycles. The molecule has 0 spiro atoms. The number of carbonyl (C=O) groups excluding carboxylic acids is 1. The Morgan fingerprint density at radius 2 is 1.79 bits per heavy atom. The van der Waals surface area contributed by atoms with Crippen LogP contribution < -0.4 is 5.73 Å². The number of nitrogens with zero attached hydrogens (tertiary/aromatic N) is 1. The number of carbonyl (C=O) groups is 1. The maximum Gasteiger partial charge on any atom is 0.229 e. The lowest BCUT2D eigenvalue weighted by molar-refractivity contribution is -0.143. The number of rotatable bonds is 6. The Labute approximate surface area is 122 Å². The highest BCUT2D eigenvalue weighted by molar-refractivity contribution is 7.80. The average molecular weight is 284 g/mol. The molecule has 2 N–H and O–H groups in total. The van der Waals surface area contributed by atoms with Gasteiger partial charge in [-0.25, -0.2) is 0 Å². The van der Waals surface area contributed by atoms with Gasteiger partial charge in [-0.3, -0.25) is 4.79 Å². The van der Waals surface area contributed by atoms with E-state index in [4.69, 9.17) is 18.0 Å². The van der Waals surface area contributed by atoms with Crippen molar-refractivity contribution in [1.29, 1.82) is 0 Å². The van der Waals surface area contributed by atoms with Crippen molar-refractivity contribution in [1.82, 2.24) is 4.90 Å². The molecule has 0 heterocycles. The van der Waals surface area contributed by atoms with Gasteiger partial charge in [0.1, 0.15) is 0 Å². The summed E-state index contributed by atoms with van der Waals surface area (Å²) in [5.41, 5.74) is 5.49. The van der Waals surface area contributed by atoms with Gasteiger partial charge in [0.2, 0.25) is 5.91 Å². The summed E-state index contributed by atoms with van der Waals surface area (Å²) < 4.78 is 0. The first-order valence-electron chi connectivity index (χ1n) is 7.38. The van der Waals surface area contributed by atoms with E-state index in [1.165, 1.54) is 0 Å². The summed E-state index contributed by atoms with van der Waals surface area (Å²) in [6.45, 7) is 8.87. The highest BCUT2D eigenvalue weighted by Gasteiger charge is 2.44. The first-order valence-corrected chi connectivity index (χ1v) is 7.79. The molecule has 1 amide bonds. The fourth-order valence-electron chi connectivity index (χ4n) is 3.30. The number of amides is 1. The maximum atomic E-state index is 13.0. The van der Waals surface area contributed by atoms with E-state index in [0.29, 0.717) is 17.5 Å². The van der Waals surface area contributed by atoms with Gasteiger partial charge in [-0.1, -0.05) is 38.9 Å². The predicted molar refractivity (Wildman–Crippen MR) is 84.0 cm³/mol. The zero-order valence-electron chi connectivity index (χ0n) is 12.7. The Bertz CT molecular complexity index is 333. The molecule has 0 bridgehead atoms. The third kappa shape index (κ3) is 4.16. The fourth-order valence-corrected chi connectivity index (χ4v) is 3.44. The average Bonchev–Trinajstić information content (AvgIpc) is 2.73. The van der Waals surface area contributed by atoms with E-state index in [1.54, 1.807) is 0 Å². The second kappa shape index (κ2) is 6.69. The molecule has 19 heavy (non-hydrogen) atoms. The molecule has 4 heteroatoms. The smallest absolute Gasteiger partial charge is 0.229 e. The largest absolute Gasteiger partial charge is 0.392 e. The quantitative estimate of drug-likeness (QED) is 0.762. The minimum Gasteiger partial charge on any atom is -0.392 e. The number of thiocarbonyl (C=S) groups is 1. The topological polar surface area (TPSA) is 46.3 Å². The van der Waals surface area contributed by atoms with Gasteiger partial charge in [0.05, 0.1) is 11.5 Å². The van der Waals surface area contributed by atoms with Crippen LogP contribution in [0, 0.1) is 11.3 Å². The van der Waals surface area contributed by atoms with Gasteiger partial charge in [0.25, 0.3) is 0 Å². The van der Waals surface area contributed by atoms with Crippen LogP contribution in [0.25, 0.3) is 0 Å². The van der Waals surface area contributed by atoms with Gasteiger partial charge in [-0.2, -0.15) is 0 Å². The van der Waals surface area contributed by atoms with Crippen LogP contribution in [-0.4, -0.2) is 28.4 Å². The van der Waals surface area contributed by atoms with Gasteiger partial charge in [0, 0.05) is 11.5 Å². The zero-order chi connectivity index (χ0) is 14.6. The van der Waals surface area contributed by atoms with Crippen molar-refractivity contribution in [3.05, 3.63) is 0 Å². The Balaban J connectivity index is 2.93. The summed E-state index contributed by atoms with van der Waals surface area (Å²) in [6, 6.07) is 0.152. The van der Waals surface area contributed by atoms with Crippen LogP contribution in [0.1, 0.15) is 59.8 Å². The summed E-state index contributed by atoms with van der Waals surface area (Å²) in [7, 11) is 0. The van der Waals surface area contributed by atoms with Crippen molar-refractivity contribution < 1.29 is 4.79 Å². The second-order valence-corrected chi connectivity index (χ2v) is 7.10. The van der Waals surface area contributed by atoms with Crippen LogP contribution in [0.5, 0.6) is 0 Å². The van der Waals surface area contributed by atoms with Crippen molar-refractivity contribution in [3.63, 3.8) is 0 Å². The van der Waals surface area contributed by atoms with Crippen molar-refractivity contribution in [2.45, 2.75) is 65.8 Å². The van der Waals surface area contributed by atoms with E-state index in [1.807, 2.05) is 18.7 Å². The van der Waals surface area contributed by atoms with E-state index in [9.17, 15) is 4.79 Å². The molecule has 0 atom stereocenters. The molecule has 110 valence electrons. The van der Waals surface area contributed by atoms with Gasteiger partial charge in [0.15, 0.2) is 0 Å².